The Balaban J connectivity index is 1.38. The summed E-state index contributed by atoms with van der Waals surface area (Å²) in [5.74, 6) is 0.437. The minimum Gasteiger partial charge on any atom is -0.374 e. The summed E-state index contributed by atoms with van der Waals surface area (Å²) in [6.45, 7) is 12.7. The molecule has 1 aliphatic carbocycles. The van der Waals surface area contributed by atoms with Crippen molar-refractivity contribution < 1.29 is 4.74 Å². The number of aromatic nitrogens is 4. The predicted molar refractivity (Wildman–Crippen MR) is 160 cm³/mol. The van der Waals surface area contributed by atoms with E-state index >= 15 is 0 Å². The van der Waals surface area contributed by atoms with Gasteiger partial charge in [-0.15, -0.1) is 6.58 Å². The number of methoxy groups -OCH3 is 1. The molecular weight excluding hydrogens is 502 g/mol. The second-order valence-corrected chi connectivity index (χ2v) is 11.1. The average molecular weight is 540 g/mol. The fraction of sp³-hybridized carbons (Fsp3) is 0.387. The summed E-state index contributed by atoms with van der Waals surface area (Å²) in [7, 11) is 3.92. The Hall–Kier alpha value is -3.95. The Morgan fingerprint density at radius 1 is 1.15 bits per heavy atom. The summed E-state index contributed by atoms with van der Waals surface area (Å²) >= 11 is 0. The van der Waals surface area contributed by atoms with Gasteiger partial charge in [0.15, 0.2) is 5.65 Å². The average Bonchev–Trinajstić information content (AvgIpc) is 3.43. The van der Waals surface area contributed by atoms with Crippen LogP contribution in [0.3, 0.4) is 0 Å². The number of nitrogens with zero attached hydrogens (tertiary/aromatic N) is 6. The van der Waals surface area contributed by atoms with Gasteiger partial charge in [-0.3, -0.25) is 4.79 Å². The number of piperazine rings is 1. The highest BCUT2D eigenvalue weighted by molar-refractivity contribution is 5.77. The van der Waals surface area contributed by atoms with Crippen LogP contribution in [0.25, 0.3) is 16.7 Å². The summed E-state index contributed by atoms with van der Waals surface area (Å²) in [6.07, 6.45) is 5.23. The Bertz CT molecular complexity index is 1650. The molecule has 4 aromatic rings. The van der Waals surface area contributed by atoms with E-state index in [1.165, 1.54) is 16.8 Å². The maximum absolute atomic E-state index is 13.4. The van der Waals surface area contributed by atoms with E-state index < -0.39 is 0 Å². The number of fused-ring (bicyclic) bond motifs is 2. The number of nitrogens with one attached hydrogen (secondary N) is 1. The maximum Gasteiger partial charge on any atom is 0.278 e. The lowest BCUT2D eigenvalue weighted by Gasteiger charge is -2.35. The third-order valence-electron chi connectivity index (χ3n) is 8.50. The van der Waals surface area contributed by atoms with Crippen molar-refractivity contribution in [2.24, 2.45) is 0 Å². The summed E-state index contributed by atoms with van der Waals surface area (Å²) in [5.41, 5.74) is 6.68. The number of aryl methyl sites for hydroxylation is 2. The zero-order chi connectivity index (χ0) is 28.0. The van der Waals surface area contributed by atoms with E-state index in [0.29, 0.717) is 23.5 Å². The highest BCUT2D eigenvalue weighted by atomic mass is 16.5. The summed E-state index contributed by atoms with van der Waals surface area (Å²) in [6, 6.07) is 12.7. The van der Waals surface area contributed by atoms with Crippen LogP contribution in [-0.4, -0.2) is 64.6 Å². The largest absolute Gasteiger partial charge is 0.374 e. The normalized spacial score (nSPS) is 19.2. The molecule has 1 atom stereocenters. The van der Waals surface area contributed by atoms with Gasteiger partial charge in [0.05, 0.1) is 17.8 Å². The second kappa shape index (κ2) is 10.2. The van der Waals surface area contributed by atoms with Crippen LogP contribution in [0.4, 0.5) is 17.3 Å². The molecule has 40 heavy (non-hydrogen) atoms. The molecule has 1 fully saturated rings. The van der Waals surface area contributed by atoms with Gasteiger partial charge in [-0.25, -0.2) is 14.3 Å². The van der Waals surface area contributed by atoms with Crippen LogP contribution in [0.5, 0.6) is 0 Å². The Morgan fingerprint density at radius 3 is 2.67 bits per heavy atom. The second-order valence-electron chi connectivity index (χ2n) is 11.1. The van der Waals surface area contributed by atoms with Crippen LogP contribution in [0, 0.1) is 6.92 Å². The van der Waals surface area contributed by atoms with Gasteiger partial charge in [0.25, 0.3) is 5.56 Å². The lowest BCUT2D eigenvalue weighted by atomic mass is 9.97. The molecule has 0 saturated carbocycles. The maximum atomic E-state index is 13.4. The zero-order valence-corrected chi connectivity index (χ0v) is 23.8. The number of allylic oxidation sites excluding steroid dienone is 1. The number of likely N-dealkylation sites (N-methyl/N-ethyl adjacent to an activating group) is 1. The standard InChI is InChI=1S/C31H37N7O2/c1-6-13-37-29(39)25-20-32-30(33-23-8-10-27(21(2)18-23)36-16-14-35(4)15-17-36)34-28(25)38(37)24-9-7-22-11-12-31(3,40-5)26(22)19-24/h6-10,18-20H,1,11-17H2,2-5H3,(H,32,33,34)/t31-/m1/s1. The lowest BCUT2D eigenvalue weighted by Crippen LogP contribution is -2.44. The molecule has 208 valence electrons. The Kier molecular flexibility index (Phi) is 6.72. The Morgan fingerprint density at radius 2 is 1.95 bits per heavy atom. The van der Waals surface area contributed by atoms with Crippen LogP contribution in [0.1, 0.15) is 30.0 Å². The van der Waals surface area contributed by atoms with Gasteiger partial charge >= 0.3 is 0 Å². The summed E-state index contributed by atoms with van der Waals surface area (Å²) in [5, 5.41) is 3.83. The monoisotopic (exact) mass is 539 g/mol. The quantitative estimate of drug-likeness (QED) is 0.349. The molecule has 0 radical (unpaired) electrons. The van der Waals surface area contributed by atoms with Crippen molar-refractivity contribution in [1.82, 2.24) is 24.2 Å². The number of rotatable bonds is 7. The van der Waals surface area contributed by atoms with E-state index in [1.807, 2.05) is 10.7 Å². The molecule has 3 heterocycles. The summed E-state index contributed by atoms with van der Waals surface area (Å²) in [4.78, 5) is 27.6. The molecule has 0 amide bonds. The molecule has 9 heteroatoms. The highest BCUT2D eigenvalue weighted by Gasteiger charge is 2.34. The fourth-order valence-corrected chi connectivity index (χ4v) is 6.03. The SMILES string of the molecule is C=CCn1c(=O)c2cnc(Nc3ccc(N4CCN(C)CC4)c(C)c3)nc2n1-c1ccc2c(c1)[C@](C)(OC)CC2. The van der Waals surface area contributed by atoms with E-state index in [1.54, 1.807) is 24.1 Å². The van der Waals surface area contributed by atoms with Crippen molar-refractivity contribution >= 4 is 28.4 Å². The number of hydrogen-bond donors (Lipinski definition) is 1. The first-order chi connectivity index (χ1) is 19.3. The molecule has 0 spiro atoms. The number of anilines is 3. The molecule has 1 aliphatic heterocycles. The van der Waals surface area contributed by atoms with E-state index in [9.17, 15) is 4.79 Å². The van der Waals surface area contributed by atoms with Crippen LogP contribution in [0.2, 0.25) is 0 Å². The molecule has 1 saturated heterocycles. The minimum absolute atomic E-state index is 0.149. The van der Waals surface area contributed by atoms with E-state index in [2.05, 4.69) is 77.9 Å². The summed E-state index contributed by atoms with van der Waals surface area (Å²) < 4.78 is 9.43. The van der Waals surface area contributed by atoms with Crippen LogP contribution >= 0.6 is 0 Å². The van der Waals surface area contributed by atoms with Crippen molar-refractivity contribution in [1.29, 1.82) is 0 Å². The molecule has 6 rings (SSSR count). The fourth-order valence-electron chi connectivity index (χ4n) is 6.03. The van der Waals surface area contributed by atoms with Crippen molar-refractivity contribution in [3.8, 4) is 5.69 Å². The highest BCUT2D eigenvalue weighted by Crippen LogP contribution is 2.40. The molecule has 2 aromatic carbocycles. The third kappa shape index (κ3) is 4.49. The molecule has 0 unspecified atom stereocenters. The predicted octanol–water partition coefficient (Wildman–Crippen LogP) is 4.38. The minimum atomic E-state index is -0.353. The van der Waals surface area contributed by atoms with Gasteiger partial charge in [0.1, 0.15) is 5.39 Å². The zero-order valence-electron chi connectivity index (χ0n) is 23.8. The number of benzene rings is 2. The van der Waals surface area contributed by atoms with Crippen LogP contribution in [0.15, 0.2) is 60.0 Å². The van der Waals surface area contributed by atoms with Crippen molar-refractivity contribution in [2.75, 3.05) is 50.6 Å². The molecule has 0 bridgehead atoms. The van der Waals surface area contributed by atoms with Crippen molar-refractivity contribution in [3.63, 3.8) is 0 Å². The van der Waals surface area contributed by atoms with Gasteiger partial charge in [-0.2, -0.15) is 4.98 Å². The van der Waals surface area contributed by atoms with Crippen molar-refractivity contribution in [2.45, 2.75) is 38.8 Å². The smallest absolute Gasteiger partial charge is 0.278 e. The van der Waals surface area contributed by atoms with E-state index in [-0.39, 0.29) is 11.2 Å². The molecule has 9 nitrogen and oxygen atoms in total. The third-order valence-corrected chi connectivity index (χ3v) is 8.50. The van der Waals surface area contributed by atoms with E-state index in [0.717, 1.165) is 56.0 Å². The van der Waals surface area contributed by atoms with Gasteiger partial charge < -0.3 is 19.9 Å². The molecule has 2 aromatic heterocycles. The van der Waals surface area contributed by atoms with Gasteiger partial charge in [-0.05, 0) is 80.8 Å². The number of hydrogen-bond acceptors (Lipinski definition) is 7. The van der Waals surface area contributed by atoms with Gasteiger partial charge in [0.2, 0.25) is 5.95 Å². The topological polar surface area (TPSA) is 80.5 Å². The first-order valence-corrected chi connectivity index (χ1v) is 13.9. The van der Waals surface area contributed by atoms with Crippen LogP contribution in [-0.2, 0) is 23.3 Å². The first kappa shape index (κ1) is 26.3. The lowest BCUT2D eigenvalue weighted by molar-refractivity contribution is 0.00380. The van der Waals surface area contributed by atoms with Crippen molar-refractivity contribution in [3.05, 3.63) is 82.3 Å². The molecule has 2 aliphatic rings. The molecular formula is C31H37N7O2. The molecule has 1 N–H and O–H groups in total. The Labute approximate surface area is 234 Å². The number of ether oxygens (including phenoxy) is 1. The van der Waals surface area contributed by atoms with Gasteiger partial charge in [-0.1, -0.05) is 12.1 Å². The first-order valence-electron chi connectivity index (χ1n) is 13.9. The van der Waals surface area contributed by atoms with E-state index in [4.69, 9.17) is 9.72 Å². The van der Waals surface area contributed by atoms with Crippen LogP contribution < -0.4 is 15.8 Å². The van der Waals surface area contributed by atoms with Gasteiger partial charge in [0, 0.05) is 50.9 Å².